The number of rotatable bonds is 0. The van der Waals surface area contributed by atoms with Crippen LogP contribution in [0.15, 0.2) is 30.1 Å². The molecule has 54 valence electrons. The van der Waals surface area contributed by atoms with Crippen molar-refractivity contribution in [2.24, 2.45) is 0 Å². The molecule has 0 radical (unpaired) electrons. The molecule has 0 fully saturated rings. The van der Waals surface area contributed by atoms with Gasteiger partial charge in [-0.1, -0.05) is 6.08 Å². The summed E-state index contributed by atoms with van der Waals surface area (Å²) in [5, 5.41) is 0. The average Bonchev–Trinajstić information content (AvgIpc) is 1.89. The summed E-state index contributed by atoms with van der Waals surface area (Å²) in [5.41, 5.74) is 0.650. The van der Waals surface area contributed by atoms with Crippen LogP contribution in [0.1, 0.15) is 0 Å². The van der Waals surface area contributed by atoms with Crippen molar-refractivity contribution >= 4 is 5.94 Å². The van der Waals surface area contributed by atoms with Gasteiger partial charge in [0.05, 0.1) is 13.2 Å². The first-order valence-electron chi connectivity index (χ1n) is 2.78. The largest absolute Gasteiger partial charge is 1.00 e. The molecule has 0 aromatic heterocycles. The zero-order chi connectivity index (χ0) is 6.69. The summed E-state index contributed by atoms with van der Waals surface area (Å²) in [6, 6.07) is 0. The fourth-order valence-corrected chi connectivity index (χ4v) is 0.687. The highest BCUT2D eigenvalue weighted by atomic mass is 35.5. The molecular weight excluding hydrogens is 150 g/mol. The van der Waals surface area contributed by atoms with E-state index in [0.717, 1.165) is 4.90 Å². The summed E-state index contributed by atoms with van der Waals surface area (Å²) < 4.78 is 0. The van der Waals surface area contributed by atoms with Crippen LogP contribution in [0.4, 0.5) is 0 Å². The van der Waals surface area contributed by atoms with Crippen molar-refractivity contribution in [3.05, 3.63) is 30.1 Å². The number of carbonyl (C=O) groups excluding carboxylic acids is 1. The first kappa shape index (κ1) is 9.18. The van der Waals surface area contributed by atoms with Gasteiger partial charge in [0.2, 0.25) is 5.70 Å². The third kappa shape index (κ3) is 1.85. The van der Waals surface area contributed by atoms with Crippen molar-refractivity contribution in [3.63, 3.8) is 0 Å². The number of hydrogen-bond donors (Lipinski definition) is 1. The summed E-state index contributed by atoms with van der Waals surface area (Å²) in [6.07, 6.45) is 7.37. The molecule has 0 spiro atoms. The molecule has 1 atom stereocenters. The fraction of sp³-hybridized carbons (Fsp3) is 0.143. The van der Waals surface area contributed by atoms with E-state index in [9.17, 15) is 4.79 Å². The Balaban J connectivity index is 0.000000810. The zero-order valence-corrected chi connectivity index (χ0v) is 6.35. The third-order valence-electron chi connectivity index (χ3n) is 1.26. The van der Waals surface area contributed by atoms with E-state index in [4.69, 9.17) is 0 Å². The van der Waals surface area contributed by atoms with Crippen LogP contribution in [0.3, 0.4) is 0 Å². The number of quaternary nitrogens is 1. The summed E-state index contributed by atoms with van der Waals surface area (Å²) >= 11 is 0. The van der Waals surface area contributed by atoms with E-state index in [1.807, 2.05) is 31.3 Å². The fourth-order valence-electron chi connectivity index (χ4n) is 0.687. The van der Waals surface area contributed by atoms with Gasteiger partial charge in [0.25, 0.3) is 0 Å². The molecule has 1 heterocycles. The van der Waals surface area contributed by atoms with Crippen molar-refractivity contribution in [1.82, 2.24) is 0 Å². The Labute approximate surface area is 65.9 Å². The molecule has 0 aromatic rings. The molecule has 0 amide bonds. The lowest BCUT2D eigenvalue weighted by Crippen LogP contribution is -3.02. The molecule has 1 aliphatic rings. The third-order valence-corrected chi connectivity index (χ3v) is 1.26. The smallest absolute Gasteiger partial charge is 0.220 e. The van der Waals surface area contributed by atoms with Gasteiger partial charge < -0.3 is 12.4 Å². The summed E-state index contributed by atoms with van der Waals surface area (Å²) in [6.45, 7) is 0. The van der Waals surface area contributed by atoms with Crippen molar-refractivity contribution in [3.8, 4) is 0 Å². The van der Waals surface area contributed by atoms with Gasteiger partial charge in [-0.05, 0) is 6.08 Å². The lowest BCUT2D eigenvalue weighted by Gasteiger charge is -2.05. The Kier molecular flexibility index (Phi) is 3.74. The zero-order valence-electron chi connectivity index (χ0n) is 5.60. The van der Waals surface area contributed by atoms with Gasteiger partial charge in [0, 0.05) is 6.08 Å². The van der Waals surface area contributed by atoms with Crippen molar-refractivity contribution < 1.29 is 22.1 Å². The molecule has 0 bridgehead atoms. The van der Waals surface area contributed by atoms with Gasteiger partial charge in [0.15, 0.2) is 5.94 Å². The molecule has 2 nitrogen and oxygen atoms in total. The Morgan fingerprint density at radius 3 is 2.60 bits per heavy atom. The Hall–Kier alpha value is -0.820. The molecule has 0 aliphatic carbocycles. The molecule has 3 heteroatoms. The maximum absolute atomic E-state index is 10.1. The number of likely N-dealkylation sites (N-methyl/N-ethyl adjacent to an activating group) is 1. The van der Waals surface area contributed by atoms with Crippen LogP contribution in [0.2, 0.25) is 0 Å². The standard InChI is InChI=1S/C7H7NO.ClH/c1-8-5-3-2-4-7(8)6-9;/h2-5H,1H3;1H. The highest BCUT2D eigenvalue weighted by Gasteiger charge is 2.05. The highest BCUT2D eigenvalue weighted by Crippen LogP contribution is 1.85. The van der Waals surface area contributed by atoms with Gasteiger partial charge >= 0.3 is 0 Å². The summed E-state index contributed by atoms with van der Waals surface area (Å²) in [5.74, 6) is 1.85. The Morgan fingerprint density at radius 1 is 1.50 bits per heavy atom. The summed E-state index contributed by atoms with van der Waals surface area (Å²) in [7, 11) is 1.89. The second kappa shape index (κ2) is 4.07. The molecule has 0 saturated carbocycles. The molecule has 10 heavy (non-hydrogen) atoms. The Bertz CT molecular complexity index is 214. The van der Waals surface area contributed by atoms with Crippen molar-refractivity contribution in [1.29, 1.82) is 0 Å². The van der Waals surface area contributed by atoms with Crippen molar-refractivity contribution in [2.45, 2.75) is 0 Å². The van der Waals surface area contributed by atoms with E-state index in [2.05, 4.69) is 0 Å². The maximum atomic E-state index is 10.1. The van der Waals surface area contributed by atoms with Crippen LogP contribution in [-0.2, 0) is 4.79 Å². The van der Waals surface area contributed by atoms with Gasteiger partial charge in [0.1, 0.15) is 0 Å². The van der Waals surface area contributed by atoms with E-state index < -0.39 is 0 Å². The highest BCUT2D eigenvalue weighted by molar-refractivity contribution is 5.54. The second-order valence-corrected chi connectivity index (χ2v) is 1.92. The number of halogens is 1. The normalized spacial score (nSPS) is 21.7. The van der Waals surface area contributed by atoms with E-state index in [1.54, 1.807) is 6.08 Å². The molecular formula is C7H8ClNO. The SMILES string of the molecule is C[NH+]1C=CC=CC1=C=O.[Cl-]. The molecule has 1 unspecified atom stereocenters. The quantitative estimate of drug-likeness (QED) is 0.360. The number of hydrogen-bond acceptors (Lipinski definition) is 1. The monoisotopic (exact) mass is 157 g/mol. The predicted octanol–water partition coefficient (Wildman–Crippen LogP) is -3.70. The number of allylic oxidation sites excluding steroid dienone is 3. The van der Waals surface area contributed by atoms with Gasteiger partial charge in [-0.15, -0.1) is 0 Å². The van der Waals surface area contributed by atoms with Crippen LogP contribution in [-0.4, -0.2) is 13.0 Å². The van der Waals surface area contributed by atoms with E-state index in [1.165, 1.54) is 0 Å². The van der Waals surface area contributed by atoms with Crippen molar-refractivity contribution in [2.75, 3.05) is 7.05 Å². The topological polar surface area (TPSA) is 21.5 Å². The van der Waals surface area contributed by atoms with Crippen LogP contribution in [0.5, 0.6) is 0 Å². The van der Waals surface area contributed by atoms with Gasteiger partial charge in [-0.25, -0.2) is 4.79 Å². The summed E-state index contributed by atoms with van der Waals surface area (Å²) in [4.78, 5) is 11.1. The molecule has 0 saturated heterocycles. The van der Waals surface area contributed by atoms with Gasteiger partial charge in [-0.3, -0.25) is 4.90 Å². The van der Waals surface area contributed by atoms with Crippen LogP contribution >= 0.6 is 0 Å². The first-order valence-corrected chi connectivity index (χ1v) is 2.78. The maximum Gasteiger partial charge on any atom is 0.220 e. The van der Waals surface area contributed by atoms with Crippen LogP contribution in [0, 0.1) is 0 Å². The second-order valence-electron chi connectivity index (χ2n) is 1.92. The van der Waals surface area contributed by atoms with Crippen LogP contribution < -0.4 is 17.3 Å². The lowest BCUT2D eigenvalue weighted by atomic mass is 10.3. The molecule has 1 N–H and O–H groups in total. The van der Waals surface area contributed by atoms with Gasteiger partial charge in [-0.2, -0.15) is 0 Å². The first-order chi connectivity index (χ1) is 4.34. The minimum atomic E-state index is 0. The average molecular weight is 158 g/mol. The lowest BCUT2D eigenvalue weighted by molar-refractivity contribution is -0.776. The van der Waals surface area contributed by atoms with E-state index >= 15 is 0 Å². The number of nitrogens with one attached hydrogen (secondary N) is 1. The minimum Gasteiger partial charge on any atom is -1.00 e. The van der Waals surface area contributed by atoms with E-state index in [0.29, 0.717) is 5.70 Å². The van der Waals surface area contributed by atoms with E-state index in [-0.39, 0.29) is 12.4 Å². The Morgan fingerprint density at radius 2 is 2.20 bits per heavy atom. The predicted molar refractivity (Wildman–Crippen MR) is 34.4 cm³/mol. The molecule has 0 aromatic carbocycles. The van der Waals surface area contributed by atoms with Crippen LogP contribution in [0.25, 0.3) is 0 Å². The molecule has 1 rings (SSSR count). The molecule has 1 aliphatic heterocycles. The minimum absolute atomic E-state index is 0.